The van der Waals surface area contributed by atoms with E-state index in [0.717, 1.165) is 5.69 Å². The molecule has 0 unspecified atom stereocenters. The highest BCUT2D eigenvalue weighted by molar-refractivity contribution is 7.07. The summed E-state index contributed by atoms with van der Waals surface area (Å²) in [5, 5.41) is 1.76. The van der Waals surface area contributed by atoms with Crippen LogP contribution in [0.1, 0.15) is 28.1 Å². The molecule has 1 fully saturated rings. The van der Waals surface area contributed by atoms with Crippen LogP contribution in [-0.2, 0) is 4.74 Å². The molecule has 3 rings (SSSR count). The van der Waals surface area contributed by atoms with Crippen molar-refractivity contribution in [2.24, 2.45) is 0 Å². The van der Waals surface area contributed by atoms with Gasteiger partial charge in [-0.3, -0.25) is 4.79 Å². The summed E-state index contributed by atoms with van der Waals surface area (Å²) in [5.41, 5.74) is 3.04. The number of aryl methyl sites for hydroxylation is 1. The maximum Gasteiger partial charge on any atom is 0.273 e. The highest BCUT2D eigenvalue weighted by atomic mass is 32.1. The summed E-state index contributed by atoms with van der Waals surface area (Å²) in [6.45, 7) is 3.42. The Morgan fingerprint density at radius 1 is 1.50 bits per heavy atom. The molecule has 1 atom stereocenters. The van der Waals surface area contributed by atoms with Crippen LogP contribution >= 0.6 is 11.3 Å². The zero-order valence-corrected chi connectivity index (χ0v) is 11.8. The lowest BCUT2D eigenvalue weighted by atomic mass is 10.2. The molecule has 0 N–H and O–H groups in total. The first-order valence-corrected chi connectivity index (χ1v) is 7.27. The van der Waals surface area contributed by atoms with Crippen molar-refractivity contribution in [3.8, 4) is 0 Å². The standard InChI is InChI=1S/C13H14N4O2S/c1-9-2-3-14-12(16-9)11-6-17(4-5-19-11)13(18)10-7-20-8-15-10/h2-3,7-8,11H,4-6H2,1H3/t11-/m0/s1. The number of nitrogens with zero attached hydrogens (tertiary/aromatic N) is 4. The lowest BCUT2D eigenvalue weighted by Crippen LogP contribution is -2.42. The van der Waals surface area contributed by atoms with Crippen molar-refractivity contribution in [2.75, 3.05) is 19.7 Å². The summed E-state index contributed by atoms with van der Waals surface area (Å²) in [4.78, 5) is 26.7. The van der Waals surface area contributed by atoms with E-state index in [-0.39, 0.29) is 12.0 Å². The molecule has 6 nitrogen and oxygen atoms in total. The lowest BCUT2D eigenvalue weighted by molar-refractivity contribution is -0.0270. The highest BCUT2D eigenvalue weighted by Crippen LogP contribution is 2.20. The second kappa shape index (κ2) is 5.64. The van der Waals surface area contributed by atoms with E-state index in [1.807, 2.05) is 13.0 Å². The van der Waals surface area contributed by atoms with Gasteiger partial charge in [0, 0.05) is 23.8 Å². The van der Waals surface area contributed by atoms with E-state index >= 15 is 0 Å². The first-order chi connectivity index (χ1) is 9.74. The number of hydrogen-bond donors (Lipinski definition) is 0. The Bertz CT molecular complexity index is 602. The van der Waals surface area contributed by atoms with Crippen LogP contribution in [0, 0.1) is 6.92 Å². The van der Waals surface area contributed by atoms with Gasteiger partial charge in [-0.1, -0.05) is 0 Å². The van der Waals surface area contributed by atoms with E-state index < -0.39 is 0 Å². The van der Waals surface area contributed by atoms with Crippen molar-refractivity contribution in [3.05, 3.63) is 40.4 Å². The van der Waals surface area contributed by atoms with E-state index in [1.54, 1.807) is 22.0 Å². The van der Waals surface area contributed by atoms with Gasteiger partial charge >= 0.3 is 0 Å². The molecule has 1 aliphatic rings. The highest BCUT2D eigenvalue weighted by Gasteiger charge is 2.28. The minimum Gasteiger partial charge on any atom is -0.367 e. The molecule has 0 aromatic carbocycles. The van der Waals surface area contributed by atoms with Gasteiger partial charge in [-0.15, -0.1) is 11.3 Å². The van der Waals surface area contributed by atoms with Crippen LogP contribution in [-0.4, -0.2) is 45.5 Å². The van der Waals surface area contributed by atoms with Gasteiger partial charge in [0.15, 0.2) is 5.82 Å². The van der Waals surface area contributed by atoms with Crippen molar-refractivity contribution in [1.82, 2.24) is 19.9 Å². The molecule has 3 heterocycles. The fraction of sp³-hybridized carbons (Fsp3) is 0.385. The Morgan fingerprint density at radius 3 is 3.15 bits per heavy atom. The third-order valence-electron chi connectivity index (χ3n) is 3.11. The minimum absolute atomic E-state index is 0.0628. The SMILES string of the molecule is Cc1ccnc([C@@H]2CN(C(=O)c3cscn3)CCO2)n1. The fourth-order valence-corrected chi connectivity index (χ4v) is 2.62. The van der Waals surface area contributed by atoms with Crippen LogP contribution in [0.3, 0.4) is 0 Å². The van der Waals surface area contributed by atoms with Gasteiger partial charge in [0.1, 0.15) is 11.8 Å². The quantitative estimate of drug-likeness (QED) is 0.837. The molecular formula is C13H14N4O2S. The van der Waals surface area contributed by atoms with Crippen LogP contribution in [0.2, 0.25) is 0 Å². The molecule has 1 amide bonds. The number of ether oxygens (including phenoxy) is 1. The molecule has 2 aromatic rings. The molecule has 104 valence electrons. The van der Waals surface area contributed by atoms with Gasteiger partial charge in [-0.25, -0.2) is 15.0 Å². The van der Waals surface area contributed by atoms with E-state index in [2.05, 4.69) is 15.0 Å². The van der Waals surface area contributed by atoms with Crippen molar-refractivity contribution in [1.29, 1.82) is 0 Å². The summed E-state index contributed by atoms with van der Waals surface area (Å²) in [6.07, 6.45) is 1.44. The average Bonchev–Trinajstić information content (AvgIpc) is 3.01. The first-order valence-electron chi connectivity index (χ1n) is 6.32. The number of aromatic nitrogens is 3. The summed E-state index contributed by atoms with van der Waals surface area (Å²) in [6, 6.07) is 1.84. The van der Waals surface area contributed by atoms with E-state index in [0.29, 0.717) is 31.2 Å². The predicted molar refractivity (Wildman–Crippen MR) is 73.5 cm³/mol. The molecule has 0 spiro atoms. The third-order valence-corrected chi connectivity index (χ3v) is 3.69. The van der Waals surface area contributed by atoms with Crippen LogP contribution in [0.4, 0.5) is 0 Å². The Balaban J connectivity index is 1.75. The van der Waals surface area contributed by atoms with Crippen LogP contribution in [0.25, 0.3) is 0 Å². The summed E-state index contributed by atoms with van der Waals surface area (Å²) in [7, 11) is 0. The van der Waals surface area contributed by atoms with Crippen LogP contribution < -0.4 is 0 Å². The van der Waals surface area contributed by atoms with E-state index in [1.165, 1.54) is 11.3 Å². The topological polar surface area (TPSA) is 68.2 Å². The maximum atomic E-state index is 12.3. The average molecular weight is 290 g/mol. The van der Waals surface area contributed by atoms with Gasteiger partial charge in [-0.2, -0.15) is 0 Å². The monoisotopic (exact) mass is 290 g/mol. The molecule has 1 aliphatic heterocycles. The Labute approximate surface area is 120 Å². The number of hydrogen-bond acceptors (Lipinski definition) is 6. The molecule has 20 heavy (non-hydrogen) atoms. The number of carbonyl (C=O) groups is 1. The lowest BCUT2D eigenvalue weighted by Gasteiger charge is -2.31. The molecular weight excluding hydrogens is 276 g/mol. The number of rotatable bonds is 2. The number of morpholine rings is 1. The smallest absolute Gasteiger partial charge is 0.273 e. The summed E-state index contributed by atoms with van der Waals surface area (Å²) >= 11 is 1.42. The zero-order valence-electron chi connectivity index (χ0n) is 11.0. The minimum atomic E-state index is -0.272. The molecule has 0 aliphatic carbocycles. The summed E-state index contributed by atoms with van der Waals surface area (Å²) in [5.74, 6) is 0.563. The van der Waals surface area contributed by atoms with Crippen molar-refractivity contribution in [3.63, 3.8) is 0 Å². The molecule has 0 saturated carbocycles. The maximum absolute atomic E-state index is 12.3. The molecule has 1 saturated heterocycles. The van der Waals surface area contributed by atoms with Gasteiger partial charge in [0.2, 0.25) is 0 Å². The zero-order chi connectivity index (χ0) is 13.9. The second-order valence-corrected chi connectivity index (χ2v) is 5.26. The van der Waals surface area contributed by atoms with Gasteiger partial charge in [-0.05, 0) is 13.0 Å². The second-order valence-electron chi connectivity index (χ2n) is 4.54. The Hall–Kier alpha value is -1.86. The fourth-order valence-electron chi connectivity index (χ4n) is 2.09. The van der Waals surface area contributed by atoms with E-state index in [4.69, 9.17) is 4.74 Å². The number of carbonyl (C=O) groups excluding carboxylic acids is 1. The predicted octanol–water partition coefficient (Wildman–Crippen LogP) is 1.46. The van der Waals surface area contributed by atoms with Crippen molar-refractivity contribution < 1.29 is 9.53 Å². The Kier molecular flexibility index (Phi) is 3.70. The normalized spacial score (nSPS) is 19.1. The van der Waals surface area contributed by atoms with Gasteiger partial charge in [0.05, 0.1) is 18.7 Å². The molecule has 0 bridgehead atoms. The van der Waals surface area contributed by atoms with Crippen LogP contribution in [0.5, 0.6) is 0 Å². The van der Waals surface area contributed by atoms with E-state index in [9.17, 15) is 4.79 Å². The Morgan fingerprint density at radius 2 is 2.40 bits per heavy atom. The molecule has 0 radical (unpaired) electrons. The van der Waals surface area contributed by atoms with Gasteiger partial charge < -0.3 is 9.64 Å². The first kappa shape index (κ1) is 13.1. The molecule has 2 aromatic heterocycles. The van der Waals surface area contributed by atoms with Crippen LogP contribution in [0.15, 0.2) is 23.2 Å². The third kappa shape index (κ3) is 2.68. The number of thiazole rings is 1. The largest absolute Gasteiger partial charge is 0.367 e. The summed E-state index contributed by atoms with van der Waals surface area (Å²) < 4.78 is 5.68. The molecule has 7 heteroatoms. The van der Waals surface area contributed by atoms with Gasteiger partial charge in [0.25, 0.3) is 5.91 Å². The van der Waals surface area contributed by atoms with Crippen molar-refractivity contribution in [2.45, 2.75) is 13.0 Å². The van der Waals surface area contributed by atoms with Crippen molar-refractivity contribution >= 4 is 17.2 Å². The number of amides is 1.